The van der Waals surface area contributed by atoms with Crippen molar-refractivity contribution in [2.75, 3.05) is 24.8 Å². The van der Waals surface area contributed by atoms with Gasteiger partial charge in [0.25, 0.3) is 0 Å². The summed E-state index contributed by atoms with van der Waals surface area (Å²) in [5.74, 6) is 3.04. The summed E-state index contributed by atoms with van der Waals surface area (Å²) in [6.45, 7) is 2.24. The molecular formula is C20H21N7O3. The number of fused-ring (bicyclic) bond motifs is 1. The number of hydrogen-bond donors (Lipinski definition) is 1. The second kappa shape index (κ2) is 7.97. The van der Waals surface area contributed by atoms with Gasteiger partial charge in [0.15, 0.2) is 17.3 Å². The molecule has 1 amide bonds. The number of nitrogens with zero attached hydrogens (tertiary/aromatic N) is 6. The molecule has 10 nitrogen and oxygen atoms in total. The first-order chi connectivity index (χ1) is 14.8. The average molecular weight is 407 g/mol. The number of nitrogens with one attached hydrogen (secondary N) is 1. The molecule has 30 heavy (non-hydrogen) atoms. The molecule has 10 heteroatoms. The minimum Gasteiger partial charge on any atom is -0.454 e. The maximum atomic E-state index is 12.6. The molecule has 2 aliphatic heterocycles. The van der Waals surface area contributed by atoms with Crippen molar-refractivity contribution < 1.29 is 14.3 Å². The van der Waals surface area contributed by atoms with Crippen molar-refractivity contribution in [2.24, 2.45) is 5.92 Å². The molecule has 0 bridgehead atoms. The molecule has 154 valence electrons. The van der Waals surface area contributed by atoms with E-state index in [4.69, 9.17) is 9.47 Å². The van der Waals surface area contributed by atoms with Gasteiger partial charge in [0.1, 0.15) is 24.8 Å². The number of ether oxygens (including phenoxy) is 2. The SMILES string of the molecule is O=C(NCc1ccc2c(c1)OCO2)C1CCN(c2cc(-n3cncn3)ncn2)CC1. The van der Waals surface area contributed by atoms with E-state index in [1.54, 1.807) is 11.0 Å². The summed E-state index contributed by atoms with van der Waals surface area (Å²) >= 11 is 0. The molecule has 0 radical (unpaired) electrons. The van der Waals surface area contributed by atoms with E-state index in [0.29, 0.717) is 12.4 Å². The molecule has 3 aromatic rings. The van der Waals surface area contributed by atoms with E-state index >= 15 is 0 Å². The molecule has 0 spiro atoms. The second-order valence-corrected chi connectivity index (χ2v) is 7.24. The number of piperidine rings is 1. The highest BCUT2D eigenvalue weighted by Crippen LogP contribution is 2.32. The lowest BCUT2D eigenvalue weighted by molar-refractivity contribution is -0.125. The minimum atomic E-state index is -0.00752. The maximum absolute atomic E-state index is 12.6. The molecule has 0 atom stereocenters. The molecule has 2 aliphatic rings. The summed E-state index contributed by atoms with van der Waals surface area (Å²) in [4.78, 5) is 27.4. The fourth-order valence-corrected chi connectivity index (χ4v) is 3.72. The van der Waals surface area contributed by atoms with E-state index in [0.717, 1.165) is 48.8 Å². The highest BCUT2D eigenvalue weighted by molar-refractivity contribution is 5.79. The first-order valence-electron chi connectivity index (χ1n) is 9.84. The lowest BCUT2D eigenvalue weighted by Gasteiger charge is -2.32. The molecule has 1 fully saturated rings. The first-order valence-corrected chi connectivity index (χ1v) is 9.84. The van der Waals surface area contributed by atoms with Crippen molar-refractivity contribution >= 4 is 11.7 Å². The van der Waals surface area contributed by atoms with Crippen molar-refractivity contribution in [2.45, 2.75) is 19.4 Å². The number of carbonyl (C=O) groups is 1. The number of benzene rings is 1. The zero-order chi connectivity index (χ0) is 20.3. The number of anilines is 1. The largest absolute Gasteiger partial charge is 0.454 e. The summed E-state index contributed by atoms with van der Waals surface area (Å²) in [6, 6.07) is 7.61. The Hall–Kier alpha value is -3.69. The van der Waals surface area contributed by atoms with Crippen LogP contribution >= 0.6 is 0 Å². The van der Waals surface area contributed by atoms with Gasteiger partial charge >= 0.3 is 0 Å². The first kappa shape index (κ1) is 18.3. The van der Waals surface area contributed by atoms with Gasteiger partial charge in [-0.3, -0.25) is 4.79 Å². The molecule has 0 saturated carbocycles. The van der Waals surface area contributed by atoms with Gasteiger partial charge in [0, 0.05) is 31.6 Å². The van der Waals surface area contributed by atoms with E-state index in [-0.39, 0.29) is 18.6 Å². The Balaban J connectivity index is 1.15. The molecule has 1 saturated heterocycles. The van der Waals surface area contributed by atoms with Crippen LogP contribution in [0, 0.1) is 5.92 Å². The zero-order valence-corrected chi connectivity index (χ0v) is 16.3. The van der Waals surface area contributed by atoms with Crippen LogP contribution in [0.3, 0.4) is 0 Å². The van der Waals surface area contributed by atoms with Crippen LogP contribution in [-0.2, 0) is 11.3 Å². The van der Waals surface area contributed by atoms with Gasteiger partial charge in [-0.15, -0.1) is 0 Å². The Morgan fingerprint density at radius 3 is 2.73 bits per heavy atom. The summed E-state index contributed by atoms with van der Waals surface area (Å²) in [7, 11) is 0. The molecule has 1 aromatic carbocycles. The smallest absolute Gasteiger partial charge is 0.231 e. The molecule has 2 aromatic heterocycles. The molecule has 0 aliphatic carbocycles. The number of hydrogen-bond acceptors (Lipinski definition) is 8. The van der Waals surface area contributed by atoms with Crippen LogP contribution in [0.4, 0.5) is 5.82 Å². The van der Waals surface area contributed by atoms with Crippen molar-refractivity contribution in [3.05, 3.63) is 48.8 Å². The number of rotatable bonds is 5. The Morgan fingerprint density at radius 1 is 1.07 bits per heavy atom. The highest BCUT2D eigenvalue weighted by atomic mass is 16.7. The predicted octanol–water partition coefficient (Wildman–Crippen LogP) is 1.32. The standard InChI is InChI=1S/C20H21N7O3/c28-20(22-9-14-1-2-16-17(7-14)30-13-29-16)15-3-5-26(6-4-15)18-8-19(24-11-23-18)27-12-21-10-25-27/h1-2,7-8,10-12,15H,3-6,9,13H2,(H,22,28). The van der Waals surface area contributed by atoms with Crippen LogP contribution in [0.1, 0.15) is 18.4 Å². The maximum Gasteiger partial charge on any atom is 0.231 e. The van der Waals surface area contributed by atoms with Gasteiger partial charge in [0.05, 0.1) is 0 Å². The van der Waals surface area contributed by atoms with Crippen LogP contribution in [0.25, 0.3) is 5.82 Å². The minimum absolute atomic E-state index is 0.00752. The lowest BCUT2D eigenvalue weighted by atomic mass is 9.96. The summed E-state index contributed by atoms with van der Waals surface area (Å²) < 4.78 is 12.3. The Kier molecular flexibility index (Phi) is 4.88. The molecule has 1 N–H and O–H groups in total. The third-order valence-electron chi connectivity index (χ3n) is 5.39. The van der Waals surface area contributed by atoms with Crippen molar-refractivity contribution in [1.82, 2.24) is 30.0 Å². The van der Waals surface area contributed by atoms with E-state index in [2.05, 4.69) is 30.3 Å². The van der Waals surface area contributed by atoms with Crippen LogP contribution in [0.15, 0.2) is 43.2 Å². The van der Waals surface area contributed by atoms with Gasteiger partial charge < -0.3 is 19.7 Å². The Labute approximate surface area is 172 Å². The lowest BCUT2D eigenvalue weighted by Crippen LogP contribution is -2.40. The van der Waals surface area contributed by atoms with Crippen LogP contribution in [0.2, 0.25) is 0 Å². The van der Waals surface area contributed by atoms with Gasteiger partial charge in [-0.05, 0) is 30.5 Å². The molecule has 5 rings (SSSR count). The normalized spacial score (nSPS) is 15.9. The fourth-order valence-electron chi connectivity index (χ4n) is 3.72. The zero-order valence-electron chi connectivity index (χ0n) is 16.3. The van der Waals surface area contributed by atoms with Crippen LogP contribution < -0.4 is 19.7 Å². The van der Waals surface area contributed by atoms with E-state index in [1.165, 1.54) is 12.7 Å². The van der Waals surface area contributed by atoms with Crippen molar-refractivity contribution in [3.63, 3.8) is 0 Å². The van der Waals surface area contributed by atoms with E-state index < -0.39 is 0 Å². The third-order valence-corrected chi connectivity index (χ3v) is 5.39. The Morgan fingerprint density at radius 2 is 1.90 bits per heavy atom. The van der Waals surface area contributed by atoms with Gasteiger partial charge in [0.2, 0.25) is 12.7 Å². The van der Waals surface area contributed by atoms with Gasteiger partial charge in [-0.2, -0.15) is 5.10 Å². The fraction of sp³-hybridized carbons (Fsp3) is 0.350. The summed E-state index contributed by atoms with van der Waals surface area (Å²) in [5.41, 5.74) is 0.992. The second-order valence-electron chi connectivity index (χ2n) is 7.24. The van der Waals surface area contributed by atoms with E-state index in [9.17, 15) is 4.79 Å². The van der Waals surface area contributed by atoms with Gasteiger partial charge in [-0.25, -0.2) is 19.6 Å². The van der Waals surface area contributed by atoms with Crippen LogP contribution in [-0.4, -0.2) is 50.5 Å². The van der Waals surface area contributed by atoms with E-state index in [1.807, 2.05) is 24.3 Å². The van der Waals surface area contributed by atoms with Crippen molar-refractivity contribution in [1.29, 1.82) is 0 Å². The summed E-state index contributed by atoms with van der Waals surface area (Å²) in [5, 5.41) is 7.15. The predicted molar refractivity (Wildman–Crippen MR) is 106 cm³/mol. The Bertz CT molecular complexity index is 1030. The number of aromatic nitrogens is 5. The number of amides is 1. The third kappa shape index (κ3) is 3.76. The van der Waals surface area contributed by atoms with Crippen LogP contribution in [0.5, 0.6) is 11.5 Å². The highest BCUT2D eigenvalue weighted by Gasteiger charge is 2.26. The van der Waals surface area contributed by atoms with Gasteiger partial charge in [-0.1, -0.05) is 6.07 Å². The quantitative estimate of drug-likeness (QED) is 0.675. The van der Waals surface area contributed by atoms with Crippen molar-refractivity contribution in [3.8, 4) is 17.3 Å². The molecular weight excluding hydrogens is 386 g/mol. The molecule has 4 heterocycles. The average Bonchev–Trinajstić information content (AvgIpc) is 3.49. The molecule has 0 unspecified atom stereocenters. The monoisotopic (exact) mass is 407 g/mol. The summed E-state index contributed by atoms with van der Waals surface area (Å²) in [6.07, 6.45) is 6.14. The topological polar surface area (TPSA) is 107 Å². The number of carbonyl (C=O) groups excluding carboxylic acids is 1.